The number of aliphatic hydroxyl groups excluding tert-OH is 1. The molecule has 0 fully saturated rings. The van der Waals surface area contributed by atoms with Crippen LogP contribution in [0.1, 0.15) is 11.7 Å². The fourth-order valence-electron chi connectivity index (χ4n) is 0.922. The van der Waals surface area contributed by atoms with Gasteiger partial charge in [0.25, 0.3) is 0 Å². The zero-order valence-corrected chi connectivity index (χ0v) is 11.2. The van der Waals surface area contributed by atoms with Crippen molar-refractivity contribution in [1.82, 2.24) is 0 Å². The van der Waals surface area contributed by atoms with Crippen molar-refractivity contribution in [1.29, 1.82) is 0 Å². The zero-order valence-electron chi connectivity index (χ0n) is 8.06. The molecular weight excluding hydrogens is 211 g/mol. The number of ether oxygens (including phenoxy) is 1. The van der Waals surface area contributed by atoms with Crippen LogP contribution in [0.3, 0.4) is 0 Å². The Hall–Kier alpha value is 0.0864. The van der Waals surface area contributed by atoms with Crippen LogP contribution >= 0.6 is 0 Å². The first-order valence-electron chi connectivity index (χ1n) is 3.68. The van der Waals surface area contributed by atoms with Gasteiger partial charge in [-0.2, -0.15) is 0 Å². The van der Waals surface area contributed by atoms with Crippen LogP contribution in [0, 0.1) is 0 Å². The molecule has 0 aliphatic rings. The van der Waals surface area contributed by atoms with Gasteiger partial charge >= 0.3 is 51.4 Å². The first-order chi connectivity index (χ1) is 6.15. The van der Waals surface area contributed by atoms with E-state index in [1.54, 1.807) is 12.1 Å². The Kier molecular flexibility index (Phi) is 6.59. The van der Waals surface area contributed by atoms with E-state index >= 15 is 0 Å². The van der Waals surface area contributed by atoms with Gasteiger partial charge in [0.2, 0.25) is 0 Å². The summed E-state index contributed by atoms with van der Waals surface area (Å²) in [6, 6.07) is 6.08. The largest absolute Gasteiger partial charge is 1.00 e. The first-order valence-corrected chi connectivity index (χ1v) is 3.68. The number of hydrogen-bond acceptors (Lipinski definition) is 4. The second-order valence-electron chi connectivity index (χ2n) is 2.49. The molecule has 70 valence electrons. The maximum Gasteiger partial charge on any atom is 1.00 e. The van der Waals surface area contributed by atoms with Crippen LogP contribution in [0.4, 0.5) is 0 Å². The quantitative estimate of drug-likeness (QED) is 0.536. The predicted molar refractivity (Wildman–Crippen MR) is 43.0 cm³/mol. The molecular formula is C9H9KO4. The van der Waals surface area contributed by atoms with Crippen LogP contribution in [-0.4, -0.2) is 18.2 Å². The summed E-state index contributed by atoms with van der Waals surface area (Å²) < 4.78 is 4.86. The molecule has 1 aromatic carbocycles. The summed E-state index contributed by atoms with van der Waals surface area (Å²) in [5.74, 6) is -0.903. The maximum atomic E-state index is 10.3. The maximum absolute atomic E-state index is 10.3. The first kappa shape index (κ1) is 14.1. The zero-order chi connectivity index (χ0) is 9.84. The number of methoxy groups -OCH3 is 1. The number of carboxylic acid groups (broad SMARTS) is 1. The van der Waals surface area contributed by atoms with Crippen LogP contribution in [0.15, 0.2) is 24.3 Å². The Labute approximate surface area is 124 Å². The minimum Gasteiger partial charge on any atom is -0.547 e. The van der Waals surface area contributed by atoms with Gasteiger partial charge in [0.05, 0.1) is 13.1 Å². The molecule has 1 N–H and O–H groups in total. The average molecular weight is 220 g/mol. The van der Waals surface area contributed by atoms with Crippen LogP contribution in [0.25, 0.3) is 0 Å². The number of benzene rings is 1. The molecule has 4 nitrogen and oxygen atoms in total. The van der Waals surface area contributed by atoms with E-state index in [0.29, 0.717) is 5.75 Å². The van der Waals surface area contributed by atoms with Crippen molar-refractivity contribution in [3.8, 4) is 5.75 Å². The molecule has 1 rings (SSSR count). The Morgan fingerprint density at radius 1 is 1.43 bits per heavy atom. The molecule has 0 saturated carbocycles. The van der Waals surface area contributed by atoms with Crippen molar-refractivity contribution in [2.24, 2.45) is 0 Å². The minimum atomic E-state index is -1.58. The van der Waals surface area contributed by atoms with Gasteiger partial charge in [-0.15, -0.1) is 0 Å². The molecule has 1 aromatic rings. The minimum absolute atomic E-state index is 0. The van der Waals surface area contributed by atoms with Gasteiger partial charge in [0.1, 0.15) is 11.9 Å². The van der Waals surface area contributed by atoms with Crippen molar-refractivity contribution in [3.05, 3.63) is 29.8 Å². The van der Waals surface area contributed by atoms with Crippen LogP contribution in [0.5, 0.6) is 5.75 Å². The van der Waals surface area contributed by atoms with Crippen molar-refractivity contribution < 1.29 is 71.1 Å². The van der Waals surface area contributed by atoms with Gasteiger partial charge in [-0.25, -0.2) is 0 Å². The van der Waals surface area contributed by atoms with Gasteiger partial charge in [-0.05, 0) is 17.7 Å². The molecule has 0 aliphatic carbocycles. The normalized spacial score (nSPS) is 11.3. The van der Waals surface area contributed by atoms with Crippen molar-refractivity contribution >= 4 is 5.97 Å². The SMILES string of the molecule is COc1ccc(C(O)C(=O)[O-])cc1.[K+]. The van der Waals surface area contributed by atoms with Crippen molar-refractivity contribution in [2.45, 2.75) is 6.10 Å². The third-order valence-electron chi connectivity index (χ3n) is 1.65. The second-order valence-corrected chi connectivity index (χ2v) is 2.49. The summed E-state index contributed by atoms with van der Waals surface area (Å²) in [5.41, 5.74) is 0.279. The molecule has 1 unspecified atom stereocenters. The van der Waals surface area contributed by atoms with Gasteiger partial charge in [0.15, 0.2) is 0 Å². The summed E-state index contributed by atoms with van der Waals surface area (Å²) in [6.07, 6.45) is -1.58. The monoisotopic (exact) mass is 220 g/mol. The molecule has 0 amide bonds. The topological polar surface area (TPSA) is 69.6 Å². The third kappa shape index (κ3) is 3.68. The number of hydrogen-bond donors (Lipinski definition) is 1. The van der Waals surface area contributed by atoms with Crippen LogP contribution in [0.2, 0.25) is 0 Å². The van der Waals surface area contributed by atoms with Crippen molar-refractivity contribution in [2.75, 3.05) is 7.11 Å². The number of carboxylic acids is 1. The van der Waals surface area contributed by atoms with Crippen LogP contribution in [-0.2, 0) is 4.79 Å². The van der Waals surface area contributed by atoms with E-state index in [0.717, 1.165) is 0 Å². The van der Waals surface area contributed by atoms with E-state index < -0.39 is 12.1 Å². The standard InChI is InChI=1S/C9H10O4.K/c1-13-7-4-2-6(3-5-7)8(10)9(11)12;/h2-5,8,10H,1H3,(H,11,12);/q;+1/p-1. The summed E-state index contributed by atoms with van der Waals surface area (Å²) in [6.45, 7) is 0. The molecule has 0 aliphatic heterocycles. The molecule has 1 atom stereocenters. The van der Waals surface area contributed by atoms with Crippen LogP contribution < -0.4 is 61.2 Å². The Bertz CT molecular complexity index is 296. The molecule has 0 spiro atoms. The smallest absolute Gasteiger partial charge is 0.547 e. The molecule has 0 bridgehead atoms. The second kappa shape index (κ2) is 6.55. The molecule has 0 aromatic heterocycles. The number of carbonyl (C=O) groups excluding carboxylic acids is 1. The van der Waals surface area contributed by atoms with E-state index in [-0.39, 0.29) is 56.9 Å². The molecule has 14 heavy (non-hydrogen) atoms. The van der Waals surface area contributed by atoms with E-state index in [9.17, 15) is 9.90 Å². The van der Waals surface area contributed by atoms with Gasteiger partial charge < -0.3 is 19.7 Å². The fourth-order valence-corrected chi connectivity index (χ4v) is 0.922. The average Bonchev–Trinajstić information content (AvgIpc) is 2.17. The summed E-state index contributed by atoms with van der Waals surface area (Å²) in [4.78, 5) is 10.3. The molecule has 0 saturated heterocycles. The molecule has 0 heterocycles. The summed E-state index contributed by atoms with van der Waals surface area (Å²) >= 11 is 0. The van der Waals surface area contributed by atoms with E-state index in [1.165, 1.54) is 19.2 Å². The molecule has 5 heteroatoms. The van der Waals surface area contributed by atoms with Gasteiger partial charge in [-0.3, -0.25) is 0 Å². The Balaban J connectivity index is 0.00000169. The summed E-state index contributed by atoms with van der Waals surface area (Å²) in [5, 5.41) is 19.3. The van der Waals surface area contributed by atoms with E-state index in [4.69, 9.17) is 9.84 Å². The number of rotatable bonds is 3. The number of aliphatic carboxylic acids is 1. The van der Waals surface area contributed by atoms with E-state index in [1.807, 2.05) is 0 Å². The van der Waals surface area contributed by atoms with Gasteiger partial charge in [0, 0.05) is 0 Å². The predicted octanol–water partition coefficient (Wildman–Crippen LogP) is -3.52. The van der Waals surface area contributed by atoms with Crippen molar-refractivity contribution in [3.63, 3.8) is 0 Å². The number of carbonyl (C=O) groups is 1. The summed E-state index contributed by atoms with van der Waals surface area (Å²) in [7, 11) is 1.50. The van der Waals surface area contributed by atoms with E-state index in [2.05, 4.69) is 0 Å². The Morgan fingerprint density at radius 3 is 2.29 bits per heavy atom. The number of aliphatic hydroxyl groups is 1. The Morgan fingerprint density at radius 2 is 1.93 bits per heavy atom. The van der Waals surface area contributed by atoms with Gasteiger partial charge in [-0.1, -0.05) is 12.1 Å². The third-order valence-corrected chi connectivity index (χ3v) is 1.65. The molecule has 0 radical (unpaired) electrons. The fraction of sp³-hybridized carbons (Fsp3) is 0.222.